The number of nitrogens with zero attached hydrogens (tertiary/aromatic N) is 2. The van der Waals surface area contributed by atoms with Crippen LogP contribution in [-0.2, 0) is 13.0 Å². The van der Waals surface area contributed by atoms with Crippen molar-refractivity contribution in [1.29, 1.82) is 0 Å². The van der Waals surface area contributed by atoms with Crippen LogP contribution in [-0.4, -0.2) is 22.0 Å². The molecule has 0 saturated heterocycles. The minimum absolute atomic E-state index is 0.0145. The smallest absolute Gasteiger partial charge is 0.251 e. The lowest BCUT2D eigenvalue weighted by molar-refractivity contribution is 0.0952. The van der Waals surface area contributed by atoms with Crippen LogP contribution in [0.1, 0.15) is 98.4 Å². The molecule has 1 N–H and O–H groups in total. The highest BCUT2D eigenvalue weighted by atomic mass is 16.1. The Morgan fingerprint density at radius 3 is 2.32 bits per heavy atom. The summed E-state index contributed by atoms with van der Waals surface area (Å²) < 4.78 is 2.41. The Labute approximate surface area is 206 Å². The van der Waals surface area contributed by atoms with Gasteiger partial charge in [0.25, 0.3) is 5.91 Å². The number of hydrogen-bond acceptors (Lipinski definition) is 2. The maximum Gasteiger partial charge on any atom is 0.251 e. The van der Waals surface area contributed by atoms with Crippen molar-refractivity contribution in [3.8, 4) is 0 Å². The second kappa shape index (κ2) is 13.9. The first-order valence-corrected chi connectivity index (χ1v) is 13.4. The Bertz CT molecular complexity index is 1040. The molecule has 0 fully saturated rings. The van der Waals surface area contributed by atoms with E-state index in [4.69, 9.17) is 4.98 Å². The van der Waals surface area contributed by atoms with Gasteiger partial charge in [0.05, 0.1) is 11.0 Å². The number of aryl methyl sites for hydroxylation is 4. The molecule has 34 heavy (non-hydrogen) atoms. The number of carbonyl (C=O) groups excluding carboxylic acids is 1. The van der Waals surface area contributed by atoms with E-state index in [2.05, 4.69) is 54.1 Å². The van der Waals surface area contributed by atoms with Gasteiger partial charge < -0.3 is 9.88 Å². The molecule has 0 aliphatic carbocycles. The number of imidazole rings is 1. The fourth-order valence-corrected chi connectivity index (χ4v) is 4.76. The van der Waals surface area contributed by atoms with Crippen LogP contribution < -0.4 is 5.32 Å². The van der Waals surface area contributed by atoms with E-state index in [0.29, 0.717) is 6.54 Å². The molecule has 4 heteroatoms. The Balaban J connectivity index is 1.47. The molecule has 0 aliphatic rings. The monoisotopic (exact) mass is 461 g/mol. The van der Waals surface area contributed by atoms with Crippen molar-refractivity contribution in [1.82, 2.24) is 14.9 Å². The summed E-state index contributed by atoms with van der Waals surface area (Å²) in [6.07, 6.45) is 13.8. The molecular formula is C30H43N3O. The standard InChI is InChI=1S/C30H43N3O/c1-4-5-6-7-8-9-10-11-14-22-33-28-17-13-12-16-27(28)32-29(33)18-15-21-31-30(34)26-20-19-24(2)23-25(26)3/h12-13,16-17,19-20,23H,4-11,14-15,18,21-22H2,1-3H3,(H,31,34). The van der Waals surface area contributed by atoms with Crippen LogP contribution in [0.25, 0.3) is 11.0 Å². The largest absolute Gasteiger partial charge is 0.352 e. The number of unbranched alkanes of at least 4 members (excludes halogenated alkanes) is 8. The highest BCUT2D eigenvalue weighted by Crippen LogP contribution is 2.19. The first-order valence-electron chi connectivity index (χ1n) is 13.4. The molecule has 0 bridgehead atoms. The van der Waals surface area contributed by atoms with E-state index in [1.807, 2.05) is 19.1 Å². The van der Waals surface area contributed by atoms with Gasteiger partial charge in [0.2, 0.25) is 0 Å². The van der Waals surface area contributed by atoms with E-state index in [-0.39, 0.29) is 5.91 Å². The lowest BCUT2D eigenvalue weighted by atomic mass is 10.1. The van der Waals surface area contributed by atoms with Crippen LogP contribution in [0.15, 0.2) is 42.5 Å². The van der Waals surface area contributed by atoms with Gasteiger partial charge in [-0.3, -0.25) is 4.79 Å². The van der Waals surface area contributed by atoms with E-state index in [1.165, 1.54) is 68.9 Å². The molecule has 3 aromatic rings. The van der Waals surface area contributed by atoms with Gasteiger partial charge >= 0.3 is 0 Å². The molecule has 2 aromatic carbocycles. The Morgan fingerprint density at radius 1 is 0.882 bits per heavy atom. The molecule has 1 amide bonds. The summed E-state index contributed by atoms with van der Waals surface area (Å²) in [6.45, 7) is 8.01. The molecule has 3 rings (SSSR count). The Morgan fingerprint density at radius 2 is 1.59 bits per heavy atom. The van der Waals surface area contributed by atoms with Crippen molar-refractivity contribution in [2.24, 2.45) is 0 Å². The number of benzene rings is 2. The van der Waals surface area contributed by atoms with Gasteiger partial charge in [-0.25, -0.2) is 4.98 Å². The summed E-state index contributed by atoms with van der Waals surface area (Å²) in [5, 5.41) is 3.09. The van der Waals surface area contributed by atoms with E-state index in [0.717, 1.165) is 41.9 Å². The van der Waals surface area contributed by atoms with Gasteiger partial charge in [-0.1, -0.05) is 88.1 Å². The average molecular weight is 462 g/mol. The molecule has 0 saturated carbocycles. The van der Waals surface area contributed by atoms with Gasteiger partial charge in [-0.05, 0) is 50.5 Å². The molecule has 0 atom stereocenters. The zero-order valence-corrected chi connectivity index (χ0v) is 21.5. The minimum atomic E-state index is 0.0145. The van der Waals surface area contributed by atoms with Crippen molar-refractivity contribution in [3.63, 3.8) is 0 Å². The highest BCUT2D eigenvalue weighted by Gasteiger charge is 2.11. The third-order valence-corrected chi connectivity index (χ3v) is 6.71. The number of fused-ring (bicyclic) bond motifs is 1. The lowest BCUT2D eigenvalue weighted by Gasteiger charge is -2.11. The Kier molecular flexibility index (Phi) is 10.7. The van der Waals surface area contributed by atoms with Gasteiger partial charge in [0, 0.05) is 25.1 Å². The third kappa shape index (κ3) is 7.72. The highest BCUT2D eigenvalue weighted by molar-refractivity contribution is 5.95. The molecule has 1 heterocycles. The normalized spacial score (nSPS) is 11.3. The number of aromatic nitrogens is 2. The van der Waals surface area contributed by atoms with Crippen molar-refractivity contribution >= 4 is 16.9 Å². The van der Waals surface area contributed by atoms with Crippen LogP contribution in [0.4, 0.5) is 0 Å². The van der Waals surface area contributed by atoms with Gasteiger partial charge in [0.1, 0.15) is 5.82 Å². The van der Waals surface area contributed by atoms with E-state index in [9.17, 15) is 4.79 Å². The number of hydrogen-bond donors (Lipinski definition) is 1. The summed E-state index contributed by atoms with van der Waals surface area (Å²) in [6, 6.07) is 14.4. The zero-order valence-electron chi connectivity index (χ0n) is 21.5. The molecule has 0 spiro atoms. The predicted molar refractivity (Wildman–Crippen MR) is 144 cm³/mol. The number of para-hydroxylation sites is 2. The van der Waals surface area contributed by atoms with Gasteiger partial charge in [-0.2, -0.15) is 0 Å². The molecule has 184 valence electrons. The summed E-state index contributed by atoms with van der Waals surface area (Å²) in [5.41, 5.74) is 5.28. The predicted octanol–water partition coefficient (Wildman–Crippen LogP) is 7.55. The number of carbonyl (C=O) groups is 1. The van der Waals surface area contributed by atoms with Crippen LogP contribution in [0.5, 0.6) is 0 Å². The summed E-state index contributed by atoms with van der Waals surface area (Å²) in [4.78, 5) is 17.5. The topological polar surface area (TPSA) is 46.9 Å². The lowest BCUT2D eigenvalue weighted by Crippen LogP contribution is -2.25. The second-order valence-electron chi connectivity index (χ2n) is 9.67. The van der Waals surface area contributed by atoms with Crippen molar-refractivity contribution in [2.45, 2.75) is 97.9 Å². The zero-order chi connectivity index (χ0) is 24.2. The van der Waals surface area contributed by atoms with Crippen LogP contribution in [0, 0.1) is 13.8 Å². The molecule has 4 nitrogen and oxygen atoms in total. The van der Waals surface area contributed by atoms with Crippen molar-refractivity contribution in [3.05, 3.63) is 65.0 Å². The maximum atomic E-state index is 12.6. The minimum Gasteiger partial charge on any atom is -0.352 e. The first kappa shape index (κ1) is 26.0. The van der Waals surface area contributed by atoms with Crippen LogP contribution >= 0.6 is 0 Å². The Hall–Kier alpha value is -2.62. The van der Waals surface area contributed by atoms with Crippen LogP contribution in [0.2, 0.25) is 0 Å². The number of nitrogens with one attached hydrogen (secondary N) is 1. The summed E-state index contributed by atoms with van der Waals surface area (Å²) in [7, 11) is 0. The quantitative estimate of drug-likeness (QED) is 0.238. The second-order valence-corrected chi connectivity index (χ2v) is 9.67. The fourth-order valence-electron chi connectivity index (χ4n) is 4.76. The van der Waals surface area contributed by atoms with Gasteiger partial charge in [-0.15, -0.1) is 0 Å². The molecular weight excluding hydrogens is 418 g/mol. The summed E-state index contributed by atoms with van der Waals surface area (Å²) in [5.74, 6) is 1.15. The SMILES string of the molecule is CCCCCCCCCCCn1c(CCCNC(=O)c2ccc(C)cc2C)nc2ccccc21. The summed E-state index contributed by atoms with van der Waals surface area (Å²) >= 11 is 0. The van der Waals surface area contributed by atoms with Gasteiger partial charge in [0.15, 0.2) is 0 Å². The fraction of sp³-hybridized carbons (Fsp3) is 0.533. The molecule has 1 aromatic heterocycles. The molecule has 0 radical (unpaired) electrons. The number of amides is 1. The van der Waals surface area contributed by atoms with Crippen molar-refractivity contribution < 1.29 is 4.79 Å². The van der Waals surface area contributed by atoms with E-state index in [1.54, 1.807) is 0 Å². The molecule has 0 aliphatic heterocycles. The molecule has 0 unspecified atom stereocenters. The average Bonchev–Trinajstić information content (AvgIpc) is 3.18. The number of rotatable bonds is 15. The van der Waals surface area contributed by atoms with Crippen LogP contribution in [0.3, 0.4) is 0 Å². The maximum absolute atomic E-state index is 12.6. The third-order valence-electron chi connectivity index (χ3n) is 6.71. The first-order chi connectivity index (χ1) is 16.6. The van der Waals surface area contributed by atoms with E-state index < -0.39 is 0 Å². The van der Waals surface area contributed by atoms with E-state index >= 15 is 0 Å². The van der Waals surface area contributed by atoms with Crippen molar-refractivity contribution in [2.75, 3.05) is 6.54 Å².